The highest BCUT2D eigenvalue weighted by Crippen LogP contribution is 2.35. The standard InChI is InChI=1S/C30H34N6O3.C2H6/c1-19-11-25(38-18-21-14-33-20(2)34-15-21)13-26(12-19)39-24-8-6-23(7-9-24)36-17-27(28(31)29(36)30(32)37)22-5-4-10-35(3)16-22;1-2/h6-9,11-15,17,22H,4-5,10,16,18,31H2,1-3H3,(H2,32,37);1-2H3/t22-;/m1./s1. The van der Waals surface area contributed by atoms with Crippen LogP contribution in [0.25, 0.3) is 5.69 Å². The topological polar surface area (TPSA) is 122 Å². The molecule has 0 bridgehead atoms. The van der Waals surface area contributed by atoms with Crippen LogP contribution in [-0.4, -0.2) is 45.5 Å². The van der Waals surface area contributed by atoms with Crippen LogP contribution in [0.3, 0.4) is 0 Å². The largest absolute Gasteiger partial charge is 0.489 e. The van der Waals surface area contributed by atoms with Gasteiger partial charge in [-0.25, -0.2) is 9.97 Å². The summed E-state index contributed by atoms with van der Waals surface area (Å²) in [7, 11) is 2.11. The molecule has 1 atom stereocenters. The quantitative estimate of drug-likeness (QED) is 0.282. The van der Waals surface area contributed by atoms with Crippen LogP contribution in [0.1, 0.15) is 65.6 Å². The minimum atomic E-state index is -0.548. The summed E-state index contributed by atoms with van der Waals surface area (Å²) in [5, 5.41) is 0. The average molecular weight is 557 g/mol. The summed E-state index contributed by atoms with van der Waals surface area (Å²) >= 11 is 0. The molecule has 1 amide bonds. The van der Waals surface area contributed by atoms with Gasteiger partial charge in [0, 0.05) is 48.4 Å². The number of rotatable bonds is 8. The SMILES string of the molecule is CC.Cc1cc(OCc2cnc(C)nc2)cc(Oc2ccc(-n3cc([C@@H]4CCCN(C)C4)c(N)c3C(N)=O)cc2)c1. The Labute approximate surface area is 242 Å². The van der Waals surface area contributed by atoms with Crippen LogP contribution in [0.2, 0.25) is 0 Å². The maximum Gasteiger partial charge on any atom is 0.267 e. The van der Waals surface area contributed by atoms with Gasteiger partial charge in [0.05, 0.1) is 5.69 Å². The van der Waals surface area contributed by atoms with Crippen molar-refractivity contribution >= 4 is 11.6 Å². The summed E-state index contributed by atoms with van der Waals surface area (Å²) in [5.41, 5.74) is 16.7. The highest BCUT2D eigenvalue weighted by atomic mass is 16.5. The third-order valence-corrected chi connectivity index (χ3v) is 6.99. The Bertz CT molecular complexity index is 1460. The van der Waals surface area contributed by atoms with Gasteiger partial charge in [-0.15, -0.1) is 0 Å². The number of nitrogens with zero attached hydrogens (tertiary/aromatic N) is 4. The maximum absolute atomic E-state index is 12.4. The Morgan fingerprint density at radius 2 is 1.71 bits per heavy atom. The van der Waals surface area contributed by atoms with Crippen LogP contribution in [0.5, 0.6) is 17.2 Å². The highest BCUT2D eigenvalue weighted by Gasteiger charge is 2.27. The molecule has 4 N–H and O–H groups in total. The number of carbonyl (C=O) groups excluding carboxylic acids is 1. The van der Waals surface area contributed by atoms with E-state index >= 15 is 0 Å². The first-order valence-corrected chi connectivity index (χ1v) is 14.1. The number of hydrogen-bond donors (Lipinski definition) is 2. The second kappa shape index (κ2) is 13.3. The lowest BCUT2D eigenvalue weighted by Crippen LogP contribution is -2.31. The third-order valence-electron chi connectivity index (χ3n) is 6.99. The van der Waals surface area contributed by atoms with E-state index in [1.807, 2.05) is 76.4 Å². The van der Waals surface area contributed by atoms with E-state index in [0.717, 1.165) is 54.1 Å². The normalized spacial score (nSPS) is 15.1. The van der Waals surface area contributed by atoms with E-state index in [1.54, 1.807) is 17.0 Å². The molecular weight excluding hydrogens is 516 g/mol. The van der Waals surface area contributed by atoms with E-state index < -0.39 is 5.91 Å². The van der Waals surface area contributed by atoms with Gasteiger partial charge in [0.2, 0.25) is 0 Å². The van der Waals surface area contributed by atoms with Gasteiger partial charge < -0.3 is 30.4 Å². The number of nitrogen functional groups attached to an aromatic ring is 1. The van der Waals surface area contributed by atoms with Crippen molar-refractivity contribution < 1.29 is 14.3 Å². The van der Waals surface area contributed by atoms with Crippen LogP contribution < -0.4 is 20.9 Å². The van der Waals surface area contributed by atoms with Gasteiger partial charge in [0.15, 0.2) is 0 Å². The Morgan fingerprint density at radius 3 is 2.37 bits per heavy atom. The molecule has 0 aliphatic carbocycles. The number of anilines is 1. The molecule has 9 nitrogen and oxygen atoms in total. The van der Waals surface area contributed by atoms with Crippen molar-refractivity contribution in [2.75, 3.05) is 25.9 Å². The summed E-state index contributed by atoms with van der Waals surface area (Å²) in [6, 6.07) is 13.2. The number of benzene rings is 2. The van der Waals surface area contributed by atoms with Gasteiger partial charge >= 0.3 is 0 Å². The van der Waals surface area contributed by atoms with E-state index in [-0.39, 0.29) is 5.92 Å². The minimum Gasteiger partial charge on any atom is -0.489 e. The van der Waals surface area contributed by atoms with Crippen LogP contribution in [-0.2, 0) is 6.61 Å². The molecule has 9 heteroatoms. The van der Waals surface area contributed by atoms with E-state index in [0.29, 0.717) is 35.2 Å². The summed E-state index contributed by atoms with van der Waals surface area (Å²) in [4.78, 5) is 23.1. The monoisotopic (exact) mass is 556 g/mol. The van der Waals surface area contributed by atoms with Crippen molar-refractivity contribution in [1.29, 1.82) is 0 Å². The third kappa shape index (κ3) is 7.24. The lowest BCUT2D eigenvalue weighted by molar-refractivity contribution is 0.0994. The summed E-state index contributed by atoms with van der Waals surface area (Å²) in [5.74, 6) is 2.44. The molecule has 41 heavy (non-hydrogen) atoms. The highest BCUT2D eigenvalue weighted by molar-refractivity contribution is 5.98. The number of primary amides is 1. The molecule has 216 valence electrons. The van der Waals surface area contributed by atoms with Crippen molar-refractivity contribution in [1.82, 2.24) is 19.4 Å². The van der Waals surface area contributed by atoms with Gasteiger partial charge in [-0.05, 0) is 87.8 Å². The van der Waals surface area contributed by atoms with Crippen molar-refractivity contribution in [3.63, 3.8) is 0 Å². The van der Waals surface area contributed by atoms with Crippen molar-refractivity contribution in [2.24, 2.45) is 5.73 Å². The average Bonchev–Trinajstić information content (AvgIpc) is 3.31. The van der Waals surface area contributed by atoms with Gasteiger partial charge in [0.1, 0.15) is 35.4 Å². The molecule has 4 aromatic rings. The number of hydrogen-bond acceptors (Lipinski definition) is 7. The number of aryl methyl sites for hydroxylation is 2. The van der Waals surface area contributed by atoms with Gasteiger partial charge in [0.25, 0.3) is 5.91 Å². The van der Waals surface area contributed by atoms with Crippen molar-refractivity contribution in [3.05, 3.63) is 89.3 Å². The number of ether oxygens (including phenoxy) is 2. The molecule has 0 saturated carbocycles. The zero-order valence-electron chi connectivity index (χ0n) is 24.6. The fourth-order valence-corrected chi connectivity index (χ4v) is 5.07. The Hall–Kier alpha value is -4.37. The molecule has 1 saturated heterocycles. The molecule has 5 rings (SSSR count). The first-order valence-electron chi connectivity index (χ1n) is 14.1. The molecule has 1 fully saturated rings. The Kier molecular flexibility index (Phi) is 9.62. The molecule has 0 radical (unpaired) electrons. The zero-order chi connectivity index (χ0) is 29.5. The van der Waals surface area contributed by atoms with Crippen LogP contribution in [0.15, 0.2) is 61.1 Å². The fraction of sp³-hybridized carbons (Fsp3) is 0.344. The molecule has 1 aliphatic heterocycles. The van der Waals surface area contributed by atoms with E-state index in [9.17, 15) is 4.79 Å². The molecule has 0 unspecified atom stereocenters. The molecule has 1 aliphatic rings. The van der Waals surface area contributed by atoms with Crippen molar-refractivity contribution in [3.8, 4) is 22.9 Å². The van der Waals surface area contributed by atoms with Gasteiger partial charge in [-0.2, -0.15) is 0 Å². The Balaban J connectivity index is 0.00000189. The zero-order valence-corrected chi connectivity index (χ0v) is 24.6. The molecular formula is C32H40N6O3. The first kappa shape index (κ1) is 29.6. The number of likely N-dealkylation sites (tertiary alicyclic amines) is 1. The Morgan fingerprint density at radius 1 is 1.02 bits per heavy atom. The van der Waals surface area contributed by atoms with Crippen molar-refractivity contribution in [2.45, 2.75) is 53.1 Å². The number of carbonyl (C=O) groups is 1. The summed E-state index contributed by atoms with van der Waals surface area (Å²) < 4.78 is 13.9. The molecule has 2 aromatic heterocycles. The molecule has 0 spiro atoms. The summed E-state index contributed by atoms with van der Waals surface area (Å²) in [6.07, 6.45) is 7.60. The minimum absolute atomic E-state index is 0.266. The lowest BCUT2D eigenvalue weighted by atomic mass is 9.91. The smallest absolute Gasteiger partial charge is 0.267 e. The van der Waals surface area contributed by atoms with Crippen LogP contribution in [0.4, 0.5) is 5.69 Å². The van der Waals surface area contributed by atoms with Crippen LogP contribution >= 0.6 is 0 Å². The second-order valence-electron chi connectivity index (χ2n) is 10.2. The predicted molar refractivity (Wildman–Crippen MR) is 162 cm³/mol. The van der Waals surface area contributed by atoms with Gasteiger partial charge in [-0.3, -0.25) is 4.79 Å². The number of piperidine rings is 1. The molecule has 2 aromatic carbocycles. The fourth-order valence-electron chi connectivity index (χ4n) is 5.07. The predicted octanol–water partition coefficient (Wildman–Crippen LogP) is 5.77. The van der Waals surface area contributed by atoms with Crippen LogP contribution in [0, 0.1) is 13.8 Å². The number of likely N-dealkylation sites (N-methyl/N-ethyl adjacent to an activating group) is 1. The first-order chi connectivity index (χ1) is 19.8. The van der Waals surface area contributed by atoms with E-state index in [4.69, 9.17) is 20.9 Å². The van der Waals surface area contributed by atoms with E-state index in [1.165, 1.54) is 0 Å². The lowest BCUT2D eigenvalue weighted by Gasteiger charge is -2.29. The van der Waals surface area contributed by atoms with Gasteiger partial charge in [-0.1, -0.05) is 13.8 Å². The second-order valence-corrected chi connectivity index (χ2v) is 10.2. The summed E-state index contributed by atoms with van der Waals surface area (Å²) in [6.45, 7) is 10.2. The number of aromatic nitrogens is 3. The number of nitrogens with two attached hydrogens (primary N) is 2. The van der Waals surface area contributed by atoms with E-state index in [2.05, 4.69) is 21.9 Å². The maximum atomic E-state index is 12.4. The molecule has 3 heterocycles. The number of amides is 1.